The number of pyridine rings is 1. The van der Waals surface area contributed by atoms with Crippen LogP contribution in [-0.4, -0.2) is 39.2 Å². The Morgan fingerprint density at radius 3 is 2.76 bits per heavy atom. The smallest absolute Gasteiger partial charge is 0.254 e. The molecule has 6 heteroatoms. The van der Waals surface area contributed by atoms with Crippen LogP contribution in [-0.2, 0) is 6.54 Å². The number of carbonyl (C=O) groups is 1. The highest BCUT2D eigenvalue weighted by Gasteiger charge is 2.18. The molecule has 0 aliphatic heterocycles. The van der Waals surface area contributed by atoms with Gasteiger partial charge >= 0.3 is 0 Å². The fourth-order valence-electron chi connectivity index (χ4n) is 2.83. The minimum Gasteiger partial charge on any atom is -0.342 e. The molecule has 0 aliphatic rings. The van der Waals surface area contributed by atoms with Gasteiger partial charge in [0.25, 0.3) is 5.91 Å². The first-order valence-corrected chi connectivity index (χ1v) is 8.79. The lowest BCUT2D eigenvalue weighted by Gasteiger charge is -2.18. The molecule has 0 unspecified atom stereocenters. The van der Waals surface area contributed by atoms with Crippen LogP contribution in [0.25, 0.3) is 22.2 Å². The molecule has 0 saturated carbocycles. The molecule has 0 fully saturated rings. The molecule has 1 aromatic carbocycles. The maximum atomic E-state index is 12.9. The van der Waals surface area contributed by atoms with Gasteiger partial charge in [-0.3, -0.25) is 9.48 Å². The molecular weight excluding hydrogens is 336 g/mol. The largest absolute Gasteiger partial charge is 0.342 e. The lowest BCUT2D eigenvalue weighted by atomic mass is 10.0. The van der Waals surface area contributed by atoms with Crippen LogP contribution in [0.4, 0.5) is 0 Å². The Bertz CT molecular complexity index is 919. The van der Waals surface area contributed by atoms with Crippen LogP contribution in [0.2, 0.25) is 5.02 Å². The van der Waals surface area contributed by atoms with Crippen molar-refractivity contribution in [1.29, 1.82) is 0 Å². The maximum Gasteiger partial charge on any atom is 0.254 e. The van der Waals surface area contributed by atoms with Crippen molar-refractivity contribution < 1.29 is 4.79 Å². The van der Waals surface area contributed by atoms with E-state index in [1.54, 1.807) is 23.2 Å². The van der Waals surface area contributed by atoms with E-state index in [0.29, 0.717) is 17.1 Å². The average molecular weight is 357 g/mol. The zero-order valence-corrected chi connectivity index (χ0v) is 15.4. The summed E-state index contributed by atoms with van der Waals surface area (Å²) in [4.78, 5) is 19.4. The highest BCUT2D eigenvalue weighted by molar-refractivity contribution is 6.31. The summed E-state index contributed by atoms with van der Waals surface area (Å²) in [7, 11) is 1.82. The van der Waals surface area contributed by atoms with Crippen molar-refractivity contribution in [1.82, 2.24) is 19.7 Å². The lowest BCUT2D eigenvalue weighted by Crippen LogP contribution is -2.27. The van der Waals surface area contributed by atoms with E-state index in [0.717, 1.165) is 35.1 Å². The molecule has 2 aromatic heterocycles. The second-order valence-electron chi connectivity index (χ2n) is 6.03. The molecule has 130 valence electrons. The molecule has 3 aromatic rings. The zero-order chi connectivity index (χ0) is 18.0. The normalized spacial score (nSPS) is 11.0. The number of carbonyl (C=O) groups excluding carboxylic acids is 1. The van der Waals surface area contributed by atoms with Crippen molar-refractivity contribution in [3.63, 3.8) is 0 Å². The molecule has 25 heavy (non-hydrogen) atoms. The fraction of sp³-hybridized carbons (Fsp3) is 0.316. The van der Waals surface area contributed by atoms with Crippen LogP contribution in [0.1, 0.15) is 30.6 Å². The van der Waals surface area contributed by atoms with Crippen LogP contribution in [0.3, 0.4) is 0 Å². The average Bonchev–Trinajstić information content (AvgIpc) is 3.09. The Balaban J connectivity index is 2.17. The van der Waals surface area contributed by atoms with Gasteiger partial charge in [-0.1, -0.05) is 18.5 Å². The van der Waals surface area contributed by atoms with Gasteiger partial charge in [-0.15, -0.1) is 0 Å². The standard InChI is InChI=1S/C19H21ClN4O/c1-4-8-23(3)19(25)16-10-18(13-11-21-24(5-2)12-13)22-17-7-6-14(20)9-15(16)17/h6-7,9-12H,4-5,8H2,1-3H3. The van der Waals surface area contributed by atoms with Gasteiger partial charge in [0.1, 0.15) is 0 Å². The van der Waals surface area contributed by atoms with Gasteiger partial charge in [0, 0.05) is 42.3 Å². The van der Waals surface area contributed by atoms with E-state index in [1.807, 2.05) is 37.0 Å². The molecule has 0 radical (unpaired) electrons. The molecule has 0 saturated heterocycles. The lowest BCUT2D eigenvalue weighted by molar-refractivity contribution is 0.0797. The number of fused-ring (bicyclic) bond motifs is 1. The van der Waals surface area contributed by atoms with Crippen LogP contribution < -0.4 is 0 Å². The quantitative estimate of drug-likeness (QED) is 0.686. The van der Waals surface area contributed by atoms with Gasteiger partial charge in [-0.25, -0.2) is 4.98 Å². The molecule has 0 aliphatic carbocycles. The van der Waals surface area contributed by atoms with Crippen molar-refractivity contribution in [2.24, 2.45) is 0 Å². The van der Waals surface area contributed by atoms with E-state index in [2.05, 4.69) is 12.0 Å². The first-order valence-electron chi connectivity index (χ1n) is 8.42. The molecule has 5 nitrogen and oxygen atoms in total. The third-order valence-corrected chi connectivity index (χ3v) is 4.39. The molecule has 0 atom stereocenters. The van der Waals surface area contributed by atoms with E-state index < -0.39 is 0 Å². The molecule has 2 heterocycles. The van der Waals surface area contributed by atoms with Crippen LogP contribution in [0, 0.1) is 0 Å². The zero-order valence-electron chi connectivity index (χ0n) is 14.7. The minimum absolute atomic E-state index is 0.0272. The fourth-order valence-corrected chi connectivity index (χ4v) is 3.01. The van der Waals surface area contributed by atoms with Crippen molar-refractivity contribution in [3.05, 3.63) is 47.2 Å². The molecule has 3 rings (SSSR count). The third-order valence-electron chi connectivity index (χ3n) is 4.16. The molecule has 0 bridgehead atoms. The molecule has 1 amide bonds. The second-order valence-corrected chi connectivity index (χ2v) is 6.46. The molecule has 0 spiro atoms. The number of hydrogen-bond acceptors (Lipinski definition) is 3. The van der Waals surface area contributed by atoms with Crippen molar-refractivity contribution in [2.75, 3.05) is 13.6 Å². The number of aryl methyl sites for hydroxylation is 1. The first kappa shape index (κ1) is 17.4. The topological polar surface area (TPSA) is 51.0 Å². The summed E-state index contributed by atoms with van der Waals surface area (Å²) in [6, 6.07) is 7.28. The number of aromatic nitrogens is 3. The number of rotatable bonds is 5. The van der Waals surface area contributed by atoms with Crippen LogP contribution >= 0.6 is 11.6 Å². The maximum absolute atomic E-state index is 12.9. The summed E-state index contributed by atoms with van der Waals surface area (Å²) < 4.78 is 1.84. The number of hydrogen-bond donors (Lipinski definition) is 0. The van der Waals surface area contributed by atoms with Gasteiger partial charge in [0.15, 0.2) is 0 Å². The van der Waals surface area contributed by atoms with Crippen molar-refractivity contribution >= 4 is 28.4 Å². The summed E-state index contributed by atoms with van der Waals surface area (Å²) in [5.74, 6) is -0.0272. The number of amides is 1. The van der Waals surface area contributed by atoms with Gasteiger partial charge in [0.05, 0.1) is 23.0 Å². The van der Waals surface area contributed by atoms with Gasteiger partial charge in [-0.2, -0.15) is 5.10 Å². The summed E-state index contributed by atoms with van der Waals surface area (Å²) in [5.41, 5.74) is 3.00. The van der Waals surface area contributed by atoms with E-state index >= 15 is 0 Å². The minimum atomic E-state index is -0.0272. The Morgan fingerprint density at radius 1 is 1.28 bits per heavy atom. The van der Waals surface area contributed by atoms with Gasteiger partial charge < -0.3 is 4.90 Å². The van der Waals surface area contributed by atoms with E-state index in [9.17, 15) is 4.79 Å². The first-order chi connectivity index (χ1) is 12.0. The van der Waals surface area contributed by atoms with Crippen LogP contribution in [0.5, 0.6) is 0 Å². The Kier molecular flexibility index (Phi) is 5.04. The Hall–Kier alpha value is -2.40. The Morgan fingerprint density at radius 2 is 2.08 bits per heavy atom. The van der Waals surface area contributed by atoms with Crippen molar-refractivity contribution in [3.8, 4) is 11.3 Å². The summed E-state index contributed by atoms with van der Waals surface area (Å²) >= 11 is 6.15. The van der Waals surface area contributed by atoms with E-state index in [-0.39, 0.29) is 5.91 Å². The molecule has 0 N–H and O–H groups in total. The monoisotopic (exact) mass is 356 g/mol. The summed E-state index contributed by atoms with van der Waals surface area (Å²) in [6.45, 7) is 5.57. The highest BCUT2D eigenvalue weighted by atomic mass is 35.5. The number of halogens is 1. The van der Waals surface area contributed by atoms with Gasteiger partial charge in [-0.05, 0) is 37.6 Å². The highest BCUT2D eigenvalue weighted by Crippen LogP contribution is 2.27. The predicted octanol–water partition coefficient (Wildman–Crippen LogP) is 4.25. The summed E-state index contributed by atoms with van der Waals surface area (Å²) in [6.07, 6.45) is 4.62. The second kappa shape index (κ2) is 7.23. The van der Waals surface area contributed by atoms with Crippen molar-refractivity contribution in [2.45, 2.75) is 26.8 Å². The van der Waals surface area contributed by atoms with E-state index in [1.165, 1.54) is 0 Å². The Labute approximate surface area is 152 Å². The number of benzene rings is 1. The van der Waals surface area contributed by atoms with E-state index in [4.69, 9.17) is 16.6 Å². The number of nitrogens with zero attached hydrogens (tertiary/aromatic N) is 4. The van der Waals surface area contributed by atoms with Crippen LogP contribution in [0.15, 0.2) is 36.7 Å². The third kappa shape index (κ3) is 3.51. The molecular formula is C19H21ClN4O. The predicted molar refractivity (Wildman–Crippen MR) is 101 cm³/mol. The summed E-state index contributed by atoms with van der Waals surface area (Å²) in [5, 5.41) is 5.67. The van der Waals surface area contributed by atoms with Gasteiger partial charge in [0.2, 0.25) is 0 Å². The SMILES string of the molecule is CCCN(C)C(=O)c1cc(-c2cnn(CC)c2)nc2ccc(Cl)cc12.